The van der Waals surface area contributed by atoms with E-state index >= 15 is 0 Å². The maximum absolute atomic E-state index is 13.9. The molecule has 1 aromatic heterocycles. The third kappa shape index (κ3) is 4.09. The lowest BCUT2D eigenvalue weighted by Crippen LogP contribution is -2.43. The molecule has 1 spiro atoms. The van der Waals surface area contributed by atoms with E-state index in [1.54, 1.807) is 4.57 Å². The fraction of sp³-hybridized carbons (Fsp3) is 0.393. The van der Waals surface area contributed by atoms with Gasteiger partial charge in [0.05, 0.1) is 17.0 Å². The van der Waals surface area contributed by atoms with Crippen molar-refractivity contribution in [2.75, 3.05) is 11.1 Å². The molecule has 1 saturated carbocycles. The molecule has 1 N–H and O–H groups in total. The van der Waals surface area contributed by atoms with Crippen molar-refractivity contribution in [2.45, 2.75) is 69.5 Å². The molecule has 5 rings (SSSR count). The van der Waals surface area contributed by atoms with Crippen LogP contribution >= 0.6 is 11.8 Å². The molecule has 1 heterocycles. The van der Waals surface area contributed by atoms with Crippen LogP contribution in [0, 0.1) is 6.92 Å². The van der Waals surface area contributed by atoms with Crippen molar-refractivity contribution in [1.82, 2.24) is 9.55 Å². The third-order valence-electron chi connectivity index (χ3n) is 7.34. The van der Waals surface area contributed by atoms with Crippen molar-refractivity contribution < 1.29 is 4.79 Å². The van der Waals surface area contributed by atoms with Crippen LogP contribution in [0.25, 0.3) is 11.3 Å². The highest BCUT2D eigenvalue weighted by molar-refractivity contribution is 7.99. The van der Waals surface area contributed by atoms with Crippen LogP contribution in [0.2, 0.25) is 0 Å². The van der Waals surface area contributed by atoms with Crippen LogP contribution in [-0.2, 0) is 23.2 Å². The summed E-state index contributed by atoms with van der Waals surface area (Å²) in [4.78, 5) is 31.7. The van der Waals surface area contributed by atoms with Gasteiger partial charge in [-0.1, -0.05) is 73.5 Å². The first-order valence-corrected chi connectivity index (χ1v) is 13.2. The van der Waals surface area contributed by atoms with Gasteiger partial charge in [-0.2, -0.15) is 0 Å². The maximum Gasteiger partial charge on any atom is 0.258 e. The summed E-state index contributed by atoms with van der Waals surface area (Å²) in [7, 11) is 0. The van der Waals surface area contributed by atoms with Crippen LogP contribution < -0.4 is 10.9 Å². The number of nitrogens with one attached hydrogen (secondary N) is 1. The predicted octanol–water partition coefficient (Wildman–Crippen LogP) is 5.73. The summed E-state index contributed by atoms with van der Waals surface area (Å²) < 4.78 is 1.77. The van der Waals surface area contributed by atoms with Crippen LogP contribution in [0.1, 0.15) is 55.7 Å². The van der Waals surface area contributed by atoms with Gasteiger partial charge < -0.3 is 5.32 Å². The van der Waals surface area contributed by atoms with Crippen molar-refractivity contribution in [3.8, 4) is 11.3 Å². The Morgan fingerprint density at radius 2 is 1.82 bits per heavy atom. The van der Waals surface area contributed by atoms with Crippen LogP contribution in [0.4, 0.5) is 5.69 Å². The highest BCUT2D eigenvalue weighted by Gasteiger charge is 2.43. The molecule has 34 heavy (non-hydrogen) atoms. The number of rotatable bonds is 5. The normalized spacial score (nSPS) is 16.1. The number of anilines is 1. The first-order chi connectivity index (χ1) is 16.5. The first-order valence-electron chi connectivity index (χ1n) is 12.2. The minimum Gasteiger partial charge on any atom is -0.325 e. The summed E-state index contributed by atoms with van der Waals surface area (Å²) in [6.45, 7) is 4.50. The largest absolute Gasteiger partial charge is 0.325 e. The van der Waals surface area contributed by atoms with Gasteiger partial charge in [0.1, 0.15) is 0 Å². The number of carbonyl (C=O) groups is 1. The number of benzene rings is 2. The van der Waals surface area contributed by atoms with Gasteiger partial charge in [-0.25, -0.2) is 4.98 Å². The van der Waals surface area contributed by atoms with Crippen molar-refractivity contribution in [3.63, 3.8) is 0 Å². The van der Waals surface area contributed by atoms with Gasteiger partial charge in [0.15, 0.2) is 5.16 Å². The van der Waals surface area contributed by atoms with E-state index in [0.29, 0.717) is 11.7 Å². The zero-order valence-corrected chi connectivity index (χ0v) is 20.7. The van der Waals surface area contributed by atoms with E-state index in [2.05, 4.69) is 23.5 Å². The molecule has 2 aliphatic rings. The minimum atomic E-state index is -0.117. The molecule has 0 atom stereocenters. The number of amides is 1. The molecule has 5 nitrogen and oxygen atoms in total. The van der Waals surface area contributed by atoms with E-state index in [0.717, 1.165) is 60.2 Å². The Kier molecular flexibility index (Phi) is 6.34. The molecule has 3 aromatic rings. The summed E-state index contributed by atoms with van der Waals surface area (Å²) >= 11 is 1.34. The number of para-hydroxylation sites is 1. The fourth-order valence-electron chi connectivity index (χ4n) is 5.64. The molecule has 0 bridgehead atoms. The molecule has 0 aliphatic heterocycles. The van der Waals surface area contributed by atoms with E-state index in [-0.39, 0.29) is 22.6 Å². The summed E-state index contributed by atoms with van der Waals surface area (Å²) in [6, 6.07) is 16.1. The summed E-state index contributed by atoms with van der Waals surface area (Å²) in [5.74, 6) is 0.102. The summed E-state index contributed by atoms with van der Waals surface area (Å²) in [5.41, 5.74) is 5.88. The Morgan fingerprint density at radius 1 is 1.09 bits per heavy atom. The van der Waals surface area contributed by atoms with Gasteiger partial charge in [0.2, 0.25) is 5.91 Å². The van der Waals surface area contributed by atoms with Crippen LogP contribution in [0.15, 0.2) is 58.5 Å². The Morgan fingerprint density at radius 3 is 2.59 bits per heavy atom. The van der Waals surface area contributed by atoms with E-state index in [9.17, 15) is 9.59 Å². The Balaban J connectivity index is 1.52. The minimum absolute atomic E-state index is 0.0747. The third-order valence-corrected chi connectivity index (χ3v) is 8.32. The summed E-state index contributed by atoms with van der Waals surface area (Å²) in [5, 5.41) is 3.60. The van der Waals surface area contributed by atoms with E-state index < -0.39 is 0 Å². The zero-order chi connectivity index (χ0) is 23.7. The van der Waals surface area contributed by atoms with Crippen molar-refractivity contribution in [1.29, 1.82) is 0 Å². The number of fused-ring (bicyclic) bond motifs is 4. The second kappa shape index (κ2) is 9.41. The molecule has 1 amide bonds. The molecule has 0 radical (unpaired) electrons. The number of hydrogen-bond acceptors (Lipinski definition) is 4. The highest BCUT2D eigenvalue weighted by Crippen LogP contribution is 2.48. The standard InChI is InChI=1S/C28H31N3O2S/c1-3-31-26(33)24-25(21-13-7-6-12-20(21)17-28(24)15-9-4-10-16-28)30-27(31)34-18-23(32)29-22-14-8-5-11-19(22)2/h5-8,11-14H,3-4,9-10,15-18H2,1-2H3,(H,29,32). The van der Waals surface area contributed by atoms with Crippen molar-refractivity contribution >= 4 is 23.4 Å². The van der Waals surface area contributed by atoms with Gasteiger partial charge in [0.25, 0.3) is 5.56 Å². The molecule has 6 heteroatoms. The molecular formula is C28H31N3O2S. The number of thioether (sulfide) groups is 1. The Labute approximate surface area is 205 Å². The quantitative estimate of drug-likeness (QED) is 0.380. The Bertz CT molecular complexity index is 1290. The van der Waals surface area contributed by atoms with Crippen LogP contribution in [0.5, 0.6) is 0 Å². The van der Waals surface area contributed by atoms with Crippen molar-refractivity contribution in [3.05, 3.63) is 75.6 Å². The van der Waals surface area contributed by atoms with Crippen molar-refractivity contribution in [2.24, 2.45) is 0 Å². The van der Waals surface area contributed by atoms with E-state index in [1.807, 2.05) is 44.2 Å². The monoisotopic (exact) mass is 473 g/mol. The smallest absolute Gasteiger partial charge is 0.258 e. The molecule has 1 fully saturated rings. The first kappa shape index (κ1) is 22.9. The molecule has 0 unspecified atom stereocenters. The van der Waals surface area contributed by atoms with Gasteiger partial charge >= 0.3 is 0 Å². The number of hydrogen-bond donors (Lipinski definition) is 1. The topological polar surface area (TPSA) is 64.0 Å². The van der Waals surface area contributed by atoms with E-state index in [1.165, 1.54) is 23.7 Å². The Hall–Kier alpha value is -2.86. The molecule has 0 saturated heterocycles. The molecule has 2 aromatic carbocycles. The van der Waals surface area contributed by atoms with Gasteiger partial charge in [0, 0.05) is 23.2 Å². The van der Waals surface area contributed by atoms with Crippen LogP contribution in [0.3, 0.4) is 0 Å². The number of aryl methyl sites for hydroxylation is 1. The second-order valence-corrected chi connectivity index (χ2v) is 10.4. The van der Waals surface area contributed by atoms with Gasteiger partial charge in [-0.3, -0.25) is 14.2 Å². The average Bonchev–Trinajstić information content (AvgIpc) is 2.84. The highest BCUT2D eigenvalue weighted by atomic mass is 32.2. The number of aromatic nitrogens is 2. The summed E-state index contributed by atoms with van der Waals surface area (Å²) in [6.07, 6.45) is 6.55. The van der Waals surface area contributed by atoms with Gasteiger partial charge in [-0.15, -0.1) is 0 Å². The average molecular weight is 474 g/mol. The second-order valence-electron chi connectivity index (χ2n) is 9.49. The van der Waals surface area contributed by atoms with E-state index in [4.69, 9.17) is 4.98 Å². The lowest BCUT2D eigenvalue weighted by Gasteiger charge is -2.42. The lowest BCUT2D eigenvalue weighted by atomic mass is 9.62. The lowest BCUT2D eigenvalue weighted by molar-refractivity contribution is -0.113. The maximum atomic E-state index is 13.9. The number of carbonyl (C=O) groups excluding carboxylic acids is 1. The predicted molar refractivity (Wildman–Crippen MR) is 139 cm³/mol. The van der Waals surface area contributed by atoms with Crippen LogP contribution in [-0.4, -0.2) is 21.2 Å². The SMILES string of the molecule is CCn1c(SCC(=O)Nc2ccccc2C)nc2c(c1=O)C1(CCCCC1)Cc1ccccc1-2. The number of nitrogens with zero attached hydrogens (tertiary/aromatic N) is 2. The molecule has 176 valence electrons. The molecule has 2 aliphatic carbocycles. The fourth-order valence-corrected chi connectivity index (χ4v) is 6.50. The molecular weight excluding hydrogens is 442 g/mol. The zero-order valence-electron chi connectivity index (χ0n) is 19.9. The van der Waals surface area contributed by atoms with Gasteiger partial charge in [-0.05, 0) is 50.3 Å².